The van der Waals surface area contributed by atoms with Crippen LogP contribution in [0.25, 0.3) is 0 Å². The van der Waals surface area contributed by atoms with Gasteiger partial charge in [0, 0.05) is 29.0 Å². The van der Waals surface area contributed by atoms with E-state index in [9.17, 15) is 0 Å². The molecular formula is C12H19Br2NOS. The Morgan fingerprint density at radius 1 is 1.41 bits per heavy atom. The molecule has 0 bridgehead atoms. The van der Waals surface area contributed by atoms with Crippen LogP contribution in [0.3, 0.4) is 0 Å². The van der Waals surface area contributed by atoms with Crippen LogP contribution in [0.2, 0.25) is 0 Å². The van der Waals surface area contributed by atoms with E-state index in [4.69, 9.17) is 5.11 Å². The van der Waals surface area contributed by atoms with Gasteiger partial charge in [-0.3, -0.25) is 0 Å². The summed E-state index contributed by atoms with van der Waals surface area (Å²) >= 11 is 8.74. The van der Waals surface area contributed by atoms with E-state index in [2.05, 4.69) is 57.1 Å². The fourth-order valence-corrected chi connectivity index (χ4v) is 3.80. The van der Waals surface area contributed by atoms with Crippen LogP contribution in [0, 0.1) is 5.41 Å². The van der Waals surface area contributed by atoms with Gasteiger partial charge in [-0.15, -0.1) is 11.3 Å². The summed E-state index contributed by atoms with van der Waals surface area (Å²) in [7, 11) is 0. The number of thiophene rings is 1. The van der Waals surface area contributed by atoms with Crippen LogP contribution in [0.1, 0.15) is 31.6 Å². The Kier molecular flexibility index (Phi) is 6.66. The molecule has 1 heterocycles. The van der Waals surface area contributed by atoms with Crippen molar-refractivity contribution in [1.82, 2.24) is 5.32 Å². The first-order valence-corrected chi connectivity index (χ1v) is 8.10. The van der Waals surface area contributed by atoms with Crippen molar-refractivity contribution in [1.29, 1.82) is 0 Å². The molecule has 0 aliphatic rings. The largest absolute Gasteiger partial charge is 0.396 e. The van der Waals surface area contributed by atoms with Crippen molar-refractivity contribution in [2.45, 2.75) is 33.2 Å². The van der Waals surface area contributed by atoms with E-state index < -0.39 is 0 Å². The Labute approximate surface area is 124 Å². The Hall–Kier alpha value is 0.580. The van der Waals surface area contributed by atoms with Gasteiger partial charge in [-0.25, -0.2) is 0 Å². The van der Waals surface area contributed by atoms with E-state index in [1.807, 2.05) is 0 Å². The predicted octanol–water partition coefficient (Wildman–Crippen LogP) is 4.16. The first kappa shape index (κ1) is 15.6. The lowest BCUT2D eigenvalue weighted by atomic mass is 9.88. The van der Waals surface area contributed by atoms with E-state index in [0.29, 0.717) is 0 Å². The summed E-state index contributed by atoms with van der Waals surface area (Å²) in [6.07, 6.45) is 1.93. The molecule has 0 aliphatic carbocycles. The predicted molar refractivity (Wildman–Crippen MR) is 81.5 cm³/mol. The van der Waals surface area contributed by atoms with Crippen LogP contribution in [0.5, 0.6) is 0 Å². The van der Waals surface area contributed by atoms with Crippen molar-refractivity contribution in [2.75, 3.05) is 13.2 Å². The molecule has 0 spiro atoms. The van der Waals surface area contributed by atoms with Crippen molar-refractivity contribution < 1.29 is 5.11 Å². The quantitative estimate of drug-likeness (QED) is 0.739. The molecule has 0 saturated carbocycles. The summed E-state index contributed by atoms with van der Waals surface area (Å²) in [5, 5.41) is 12.3. The molecule has 2 N–H and O–H groups in total. The summed E-state index contributed by atoms with van der Waals surface area (Å²) < 4.78 is 2.27. The van der Waals surface area contributed by atoms with Gasteiger partial charge in [-0.05, 0) is 56.2 Å². The highest BCUT2D eigenvalue weighted by Crippen LogP contribution is 2.32. The minimum absolute atomic E-state index is 0.244. The molecule has 1 aromatic heterocycles. The van der Waals surface area contributed by atoms with Gasteiger partial charge >= 0.3 is 0 Å². The van der Waals surface area contributed by atoms with Gasteiger partial charge in [0.1, 0.15) is 0 Å². The first-order chi connectivity index (χ1) is 7.94. The molecule has 0 fully saturated rings. The third-order valence-electron chi connectivity index (χ3n) is 2.61. The van der Waals surface area contributed by atoms with Gasteiger partial charge in [0.25, 0.3) is 0 Å². The maximum Gasteiger partial charge on any atom is 0.0843 e. The van der Waals surface area contributed by atoms with E-state index >= 15 is 0 Å². The average Bonchev–Trinajstić information content (AvgIpc) is 2.55. The molecule has 0 atom stereocenters. The molecule has 0 aromatic carbocycles. The Balaban J connectivity index is 2.31. The minimum Gasteiger partial charge on any atom is -0.396 e. The van der Waals surface area contributed by atoms with E-state index in [-0.39, 0.29) is 12.0 Å². The highest BCUT2D eigenvalue weighted by atomic mass is 79.9. The highest BCUT2D eigenvalue weighted by molar-refractivity contribution is 9.13. The summed E-state index contributed by atoms with van der Waals surface area (Å²) in [6, 6.07) is 2.14. The summed E-state index contributed by atoms with van der Waals surface area (Å²) in [5.74, 6) is 0. The minimum atomic E-state index is 0.244. The topological polar surface area (TPSA) is 32.3 Å². The molecule has 1 rings (SSSR count). The van der Waals surface area contributed by atoms with Crippen molar-refractivity contribution in [2.24, 2.45) is 5.41 Å². The van der Waals surface area contributed by atoms with E-state index in [1.165, 1.54) is 4.88 Å². The SMILES string of the molecule is CC(C)(CCCO)CNCc1cc(Br)c(Br)s1. The van der Waals surface area contributed by atoms with Crippen LogP contribution in [0.15, 0.2) is 14.3 Å². The number of rotatable bonds is 7. The zero-order valence-electron chi connectivity index (χ0n) is 10.2. The lowest BCUT2D eigenvalue weighted by Crippen LogP contribution is -2.29. The molecule has 0 radical (unpaired) electrons. The van der Waals surface area contributed by atoms with Gasteiger partial charge in [0.05, 0.1) is 3.79 Å². The Morgan fingerprint density at radius 2 is 2.12 bits per heavy atom. The van der Waals surface area contributed by atoms with Crippen molar-refractivity contribution in [3.8, 4) is 0 Å². The van der Waals surface area contributed by atoms with Gasteiger partial charge < -0.3 is 10.4 Å². The van der Waals surface area contributed by atoms with Gasteiger partial charge in [0.2, 0.25) is 0 Å². The van der Waals surface area contributed by atoms with Crippen molar-refractivity contribution >= 4 is 43.2 Å². The number of aliphatic hydroxyl groups is 1. The Morgan fingerprint density at radius 3 is 2.65 bits per heavy atom. The van der Waals surface area contributed by atoms with Crippen LogP contribution in [-0.2, 0) is 6.54 Å². The molecule has 0 saturated heterocycles. The van der Waals surface area contributed by atoms with Crippen LogP contribution < -0.4 is 5.32 Å². The second kappa shape index (κ2) is 7.24. The second-order valence-corrected chi connectivity index (χ2v) is 8.24. The highest BCUT2D eigenvalue weighted by Gasteiger charge is 2.16. The number of hydrogen-bond acceptors (Lipinski definition) is 3. The fourth-order valence-electron chi connectivity index (χ4n) is 1.65. The van der Waals surface area contributed by atoms with Gasteiger partial charge in [-0.1, -0.05) is 13.8 Å². The third-order valence-corrected chi connectivity index (χ3v) is 5.87. The summed E-state index contributed by atoms with van der Waals surface area (Å²) in [6.45, 7) is 6.62. The van der Waals surface area contributed by atoms with Crippen molar-refractivity contribution in [3.05, 3.63) is 19.2 Å². The number of nitrogens with one attached hydrogen (secondary N) is 1. The van der Waals surface area contributed by atoms with E-state index in [1.54, 1.807) is 11.3 Å². The van der Waals surface area contributed by atoms with Gasteiger partial charge in [0.15, 0.2) is 0 Å². The maximum atomic E-state index is 8.84. The van der Waals surface area contributed by atoms with Crippen molar-refractivity contribution in [3.63, 3.8) is 0 Å². The normalized spacial score (nSPS) is 12.1. The van der Waals surface area contributed by atoms with Crippen LogP contribution in [0.4, 0.5) is 0 Å². The molecule has 17 heavy (non-hydrogen) atoms. The standard InChI is InChI=1S/C12H19Br2NOS/c1-12(2,4-3-5-16)8-15-7-9-6-10(13)11(14)17-9/h6,15-16H,3-5,7-8H2,1-2H3. The first-order valence-electron chi connectivity index (χ1n) is 5.70. The molecular weight excluding hydrogens is 366 g/mol. The molecule has 2 nitrogen and oxygen atoms in total. The molecule has 0 amide bonds. The zero-order valence-corrected chi connectivity index (χ0v) is 14.2. The molecule has 1 aromatic rings. The second-order valence-electron chi connectivity index (χ2n) is 4.93. The smallest absolute Gasteiger partial charge is 0.0843 e. The zero-order chi connectivity index (χ0) is 12.9. The fraction of sp³-hybridized carbons (Fsp3) is 0.667. The summed E-state index contributed by atoms with van der Waals surface area (Å²) in [5.41, 5.74) is 0.244. The number of hydrogen-bond donors (Lipinski definition) is 2. The molecule has 0 aliphatic heterocycles. The maximum absolute atomic E-state index is 8.84. The monoisotopic (exact) mass is 383 g/mol. The molecule has 98 valence electrons. The third kappa shape index (κ3) is 5.83. The molecule has 0 unspecified atom stereocenters. The number of aliphatic hydroxyl groups excluding tert-OH is 1. The lowest BCUT2D eigenvalue weighted by Gasteiger charge is -2.24. The lowest BCUT2D eigenvalue weighted by molar-refractivity contribution is 0.236. The van der Waals surface area contributed by atoms with Crippen LogP contribution >= 0.6 is 43.2 Å². The van der Waals surface area contributed by atoms with Crippen LogP contribution in [-0.4, -0.2) is 18.3 Å². The summed E-state index contributed by atoms with van der Waals surface area (Å²) in [4.78, 5) is 1.32. The van der Waals surface area contributed by atoms with E-state index in [0.717, 1.165) is 34.2 Å². The number of halogens is 2. The molecule has 5 heteroatoms. The average molecular weight is 385 g/mol. The Bertz CT molecular complexity index is 333. The van der Waals surface area contributed by atoms with Gasteiger partial charge in [-0.2, -0.15) is 0 Å².